The van der Waals surface area contributed by atoms with E-state index in [4.69, 9.17) is 0 Å². The van der Waals surface area contributed by atoms with Gasteiger partial charge in [0.05, 0.1) is 0 Å². The number of hydrogen-bond acceptors (Lipinski definition) is 3. The first-order valence-electron chi connectivity index (χ1n) is 14.9. The largest absolute Gasteiger partial charge is 0.479 e. The predicted molar refractivity (Wildman–Crippen MR) is 176 cm³/mol. The Labute approximate surface area is 268 Å². The van der Waals surface area contributed by atoms with Crippen molar-refractivity contribution in [1.29, 1.82) is 0 Å². The molecule has 0 aliphatic carbocycles. The van der Waals surface area contributed by atoms with E-state index < -0.39 is 0 Å². The Morgan fingerprint density at radius 1 is 0.571 bits per heavy atom. The number of aromatic nitrogens is 1. The summed E-state index contributed by atoms with van der Waals surface area (Å²) in [5, 5.41) is 0. The van der Waals surface area contributed by atoms with Gasteiger partial charge in [-0.05, 0) is 70.1 Å². The molecule has 0 saturated carbocycles. The molecule has 0 N–H and O–H groups in total. The van der Waals surface area contributed by atoms with Crippen molar-refractivity contribution < 1.29 is 20.4 Å². The van der Waals surface area contributed by atoms with E-state index in [2.05, 4.69) is 132 Å². The molecule has 1 radical (unpaired) electrons. The summed E-state index contributed by atoms with van der Waals surface area (Å²) in [6.07, 6.45) is 6.22. The van der Waals surface area contributed by atoms with E-state index in [0.717, 1.165) is 11.3 Å². The molecule has 2 heterocycles. The van der Waals surface area contributed by atoms with E-state index in [-0.39, 0.29) is 20.4 Å². The number of rotatable bonds is 7. The fourth-order valence-corrected chi connectivity index (χ4v) is 5.31. The number of para-hydroxylation sites is 2. The zero-order chi connectivity index (χ0) is 29.5. The van der Waals surface area contributed by atoms with Crippen molar-refractivity contribution in [3.8, 4) is 11.3 Å². The second-order valence-electron chi connectivity index (χ2n) is 11.9. The Morgan fingerprint density at radius 3 is 1.38 bits per heavy atom. The third-order valence-electron chi connectivity index (χ3n) is 7.49. The molecule has 1 aliphatic heterocycles. The van der Waals surface area contributed by atoms with Crippen LogP contribution in [0.25, 0.3) is 11.3 Å². The zero-order valence-electron chi connectivity index (χ0n) is 26.3. The van der Waals surface area contributed by atoms with Gasteiger partial charge in [0.1, 0.15) is 0 Å². The number of benzene rings is 3. The van der Waals surface area contributed by atoms with Crippen LogP contribution >= 0.6 is 0 Å². The van der Waals surface area contributed by atoms with Gasteiger partial charge >= 0.3 is 0 Å². The fourth-order valence-electron chi connectivity index (χ4n) is 5.31. The summed E-state index contributed by atoms with van der Waals surface area (Å²) in [6, 6.07) is 30.3. The van der Waals surface area contributed by atoms with E-state index in [1.165, 1.54) is 33.6 Å². The quantitative estimate of drug-likeness (QED) is 0.177. The first-order chi connectivity index (χ1) is 19.7. The summed E-state index contributed by atoms with van der Waals surface area (Å²) in [7, 11) is 0. The SMILES string of the molecule is CC(C)c1cccc(C(C)C)c1N1C=CN(c2c(C(C)C)cccc2C(C)C)[CH-]1.[Re].[c-]1ccccc1-c1ccccn1. The van der Waals surface area contributed by atoms with E-state index in [9.17, 15) is 0 Å². The summed E-state index contributed by atoms with van der Waals surface area (Å²) in [6.45, 7) is 20.5. The first-order valence-corrected chi connectivity index (χ1v) is 14.9. The van der Waals surface area contributed by atoms with Crippen molar-refractivity contribution >= 4 is 11.4 Å². The molecule has 1 aliphatic rings. The topological polar surface area (TPSA) is 19.4 Å². The van der Waals surface area contributed by atoms with E-state index in [1.807, 2.05) is 42.5 Å². The number of anilines is 2. The molecule has 0 atom stereocenters. The Balaban J connectivity index is 0.000000310. The Kier molecular flexibility index (Phi) is 12.2. The normalized spacial score (nSPS) is 12.7. The molecule has 1 aromatic heterocycles. The third kappa shape index (κ3) is 7.80. The Bertz CT molecular complexity index is 1260. The van der Waals surface area contributed by atoms with Crippen molar-refractivity contribution in [2.45, 2.75) is 79.1 Å². The summed E-state index contributed by atoms with van der Waals surface area (Å²) in [5.41, 5.74) is 10.3. The van der Waals surface area contributed by atoms with Crippen LogP contribution in [-0.4, -0.2) is 4.98 Å². The summed E-state index contributed by atoms with van der Waals surface area (Å²) in [4.78, 5) is 8.87. The van der Waals surface area contributed by atoms with Gasteiger partial charge < -0.3 is 14.8 Å². The second-order valence-corrected chi connectivity index (χ2v) is 11.9. The first kappa shape index (κ1) is 33.3. The molecule has 221 valence electrons. The van der Waals surface area contributed by atoms with Crippen LogP contribution in [-0.2, 0) is 20.4 Å². The average Bonchev–Trinajstić information content (AvgIpc) is 3.47. The van der Waals surface area contributed by atoms with Crippen LogP contribution in [0.15, 0.2) is 97.5 Å². The van der Waals surface area contributed by atoms with Gasteiger partial charge in [-0.2, -0.15) is 0 Å². The molecule has 4 aromatic rings. The van der Waals surface area contributed by atoms with E-state index >= 15 is 0 Å². The van der Waals surface area contributed by atoms with Crippen LogP contribution in [0.1, 0.15) is 101 Å². The monoisotopic (exact) mass is 730 g/mol. The fraction of sp³-hybridized carbons (Fsp3) is 0.316. The average molecular weight is 730 g/mol. The van der Waals surface area contributed by atoms with Crippen LogP contribution in [0.4, 0.5) is 11.4 Å². The minimum absolute atomic E-state index is 0. The van der Waals surface area contributed by atoms with Gasteiger partial charge in [0.15, 0.2) is 0 Å². The Hall–Kier alpha value is -3.19. The van der Waals surface area contributed by atoms with Crippen LogP contribution in [0.3, 0.4) is 0 Å². The molecule has 0 fully saturated rings. The van der Waals surface area contributed by atoms with E-state index in [0.29, 0.717) is 23.7 Å². The van der Waals surface area contributed by atoms with Gasteiger partial charge in [-0.25, -0.2) is 0 Å². The van der Waals surface area contributed by atoms with Gasteiger partial charge in [-0.3, -0.25) is 0 Å². The maximum absolute atomic E-state index is 4.22. The molecular formula is C38H45N3Re-2. The molecule has 0 unspecified atom stereocenters. The van der Waals surface area contributed by atoms with Gasteiger partial charge in [0.25, 0.3) is 0 Å². The molecule has 3 nitrogen and oxygen atoms in total. The molecule has 0 saturated heterocycles. The van der Waals surface area contributed by atoms with Gasteiger partial charge in [0, 0.05) is 38.0 Å². The smallest absolute Gasteiger partial charge is 0.0195 e. The summed E-state index contributed by atoms with van der Waals surface area (Å²) in [5.74, 6) is 1.92. The van der Waals surface area contributed by atoms with Crippen LogP contribution in [0.2, 0.25) is 0 Å². The molecular weight excluding hydrogens is 685 g/mol. The molecule has 4 heteroatoms. The molecule has 42 heavy (non-hydrogen) atoms. The second kappa shape index (κ2) is 15.3. The van der Waals surface area contributed by atoms with Gasteiger partial charge in [-0.15, -0.1) is 42.6 Å². The zero-order valence-corrected chi connectivity index (χ0v) is 29.1. The summed E-state index contributed by atoms with van der Waals surface area (Å²) >= 11 is 0. The third-order valence-corrected chi connectivity index (χ3v) is 7.49. The maximum atomic E-state index is 4.22. The van der Waals surface area contributed by atoms with Crippen molar-refractivity contribution in [3.63, 3.8) is 0 Å². The number of nitrogens with zero attached hydrogens (tertiary/aromatic N) is 3. The molecule has 5 rings (SSSR count). The van der Waals surface area contributed by atoms with Crippen molar-refractivity contribution in [2.24, 2.45) is 0 Å². The summed E-state index contributed by atoms with van der Waals surface area (Å²) < 4.78 is 0. The minimum Gasteiger partial charge on any atom is -0.479 e. The van der Waals surface area contributed by atoms with Crippen LogP contribution < -0.4 is 9.80 Å². The van der Waals surface area contributed by atoms with Crippen LogP contribution in [0.5, 0.6) is 0 Å². The van der Waals surface area contributed by atoms with Gasteiger partial charge in [0.2, 0.25) is 0 Å². The number of hydrogen-bond donors (Lipinski definition) is 0. The Morgan fingerprint density at radius 2 is 1.02 bits per heavy atom. The van der Waals surface area contributed by atoms with Crippen LogP contribution in [0, 0.1) is 12.7 Å². The van der Waals surface area contributed by atoms with Gasteiger partial charge in [-0.1, -0.05) is 104 Å². The minimum atomic E-state index is 0. The molecule has 0 bridgehead atoms. The van der Waals surface area contributed by atoms with Crippen molar-refractivity contribution in [1.82, 2.24) is 4.98 Å². The standard InChI is InChI=1S/C27H37N2.C11H8N.Re/c1-18(2)22-11-9-12-23(19(3)4)26(22)28-15-16-29(17-28)27-24(20(5)6)13-10-14-25(27)21(7)8;1-2-6-10(7-3-1)11-8-4-5-9-12-11;/h9-21H,1-8H3;1-6,8-9H;/q2*-1;. The van der Waals surface area contributed by atoms with Crippen molar-refractivity contribution in [3.05, 3.63) is 132 Å². The molecule has 0 amide bonds. The predicted octanol–water partition coefficient (Wildman–Crippen LogP) is 10.6. The number of pyridine rings is 1. The maximum Gasteiger partial charge on any atom is 0.0195 e. The molecule has 3 aromatic carbocycles. The van der Waals surface area contributed by atoms with E-state index in [1.54, 1.807) is 6.20 Å². The molecule has 0 spiro atoms. The van der Waals surface area contributed by atoms with Crippen molar-refractivity contribution in [2.75, 3.05) is 9.80 Å².